The predicted molar refractivity (Wildman–Crippen MR) is 95.0 cm³/mol. The third-order valence-corrected chi connectivity index (χ3v) is 3.68. The van der Waals surface area contributed by atoms with Crippen molar-refractivity contribution in [3.63, 3.8) is 0 Å². The van der Waals surface area contributed by atoms with Gasteiger partial charge in [-0.3, -0.25) is 4.99 Å². The number of hydrogen-bond donors (Lipinski definition) is 0. The third kappa shape index (κ3) is 6.07. The van der Waals surface area contributed by atoms with E-state index >= 15 is 0 Å². The molecule has 0 fully saturated rings. The highest BCUT2D eigenvalue weighted by Crippen LogP contribution is 2.19. The Kier molecular flexibility index (Phi) is 8.56. The number of thiazole rings is 1. The fraction of sp³-hybridized carbons (Fsp3) is 0.692. The maximum absolute atomic E-state index is 4.62. The molecule has 19 heavy (non-hydrogen) atoms. The van der Waals surface area contributed by atoms with Crippen LogP contribution in [0.15, 0.2) is 10.4 Å². The van der Waals surface area contributed by atoms with E-state index in [0.29, 0.717) is 5.92 Å². The summed E-state index contributed by atoms with van der Waals surface area (Å²) in [7, 11) is 8.05. The van der Waals surface area contributed by atoms with E-state index in [2.05, 4.69) is 29.2 Å². The maximum Gasteiger partial charge on any atom is 0.195 e. The molecule has 0 aliphatic heterocycles. The second-order valence-electron chi connectivity index (χ2n) is 5.05. The number of guanidine groups is 1. The molecular formula is C13H25IN4S. The Bertz CT molecular complexity index is 389. The van der Waals surface area contributed by atoms with Crippen LogP contribution in [0, 0.1) is 0 Å². The molecule has 0 aliphatic rings. The van der Waals surface area contributed by atoms with E-state index in [4.69, 9.17) is 0 Å². The van der Waals surface area contributed by atoms with Crippen molar-refractivity contribution in [2.45, 2.75) is 26.2 Å². The standard InChI is InChI=1S/C13H24N4S.HI/c1-10(2)12-15-11(9-18-12)7-8-14-13(16(3)4)17(5)6;/h9-10H,7-8H2,1-6H3;1H. The predicted octanol–water partition coefficient (Wildman–Crippen LogP) is 2.91. The Morgan fingerprint density at radius 3 is 2.26 bits per heavy atom. The highest BCUT2D eigenvalue weighted by molar-refractivity contribution is 14.0. The number of rotatable bonds is 4. The Labute approximate surface area is 137 Å². The summed E-state index contributed by atoms with van der Waals surface area (Å²) in [6.45, 7) is 5.14. The van der Waals surface area contributed by atoms with Crippen molar-refractivity contribution in [3.05, 3.63) is 16.1 Å². The summed E-state index contributed by atoms with van der Waals surface area (Å²) in [4.78, 5) is 13.3. The fourth-order valence-electron chi connectivity index (χ4n) is 1.66. The van der Waals surface area contributed by atoms with Crippen molar-refractivity contribution in [3.8, 4) is 0 Å². The minimum absolute atomic E-state index is 0. The zero-order valence-electron chi connectivity index (χ0n) is 12.7. The molecule has 0 unspecified atom stereocenters. The average Bonchev–Trinajstić information content (AvgIpc) is 2.71. The highest BCUT2D eigenvalue weighted by atomic mass is 127. The average molecular weight is 396 g/mol. The molecule has 0 saturated heterocycles. The van der Waals surface area contributed by atoms with Crippen LogP contribution in [0.5, 0.6) is 0 Å². The quantitative estimate of drug-likeness (QED) is 0.446. The molecule has 0 bridgehead atoms. The highest BCUT2D eigenvalue weighted by Gasteiger charge is 2.06. The van der Waals surface area contributed by atoms with E-state index in [0.717, 1.165) is 24.6 Å². The van der Waals surface area contributed by atoms with E-state index in [1.54, 1.807) is 11.3 Å². The summed E-state index contributed by atoms with van der Waals surface area (Å²) in [5.41, 5.74) is 1.16. The number of nitrogens with zero attached hydrogens (tertiary/aromatic N) is 4. The Balaban J connectivity index is 0.00000324. The van der Waals surface area contributed by atoms with E-state index < -0.39 is 0 Å². The summed E-state index contributed by atoms with van der Waals surface area (Å²) in [5.74, 6) is 1.51. The van der Waals surface area contributed by atoms with Gasteiger partial charge in [0.2, 0.25) is 0 Å². The Morgan fingerprint density at radius 1 is 1.26 bits per heavy atom. The van der Waals surface area contributed by atoms with Gasteiger partial charge in [0, 0.05) is 52.5 Å². The fourth-order valence-corrected chi connectivity index (χ4v) is 2.53. The van der Waals surface area contributed by atoms with Gasteiger partial charge in [0.25, 0.3) is 0 Å². The monoisotopic (exact) mass is 396 g/mol. The molecule has 6 heteroatoms. The van der Waals surface area contributed by atoms with Gasteiger partial charge in [0.1, 0.15) is 0 Å². The molecule has 0 spiro atoms. The molecule has 0 N–H and O–H groups in total. The van der Waals surface area contributed by atoms with E-state index in [-0.39, 0.29) is 24.0 Å². The minimum atomic E-state index is 0. The van der Waals surface area contributed by atoms with Crippen LogP contribution >= 0.6 is 35.3 Å². The van der Waals surface area contributed by atoms with E-state index in [1.807, 2.05) is 38.0 Å². The number of halogens is 1. The van der Waals surface area contributed by atoms with Crippen LogP contribution in [-0.2, 0) is 6.42 Å². The van der Waals surface area contributed by atoms with Crippen molar-refractivity contribution in [1.82, 2.24) is 14.8 Å². The zero-order valence-corrected chi connectivity index (χ0v) is 15.8. The van der Waals surface area contributed by atoms with Gasteiger partial charge in [-0.1, -0.05) is 13.8 Å². The lowest BCUT2D eigenvalue weighted by atomic mass is 10.2. The van der Waals surface area contributed by atoms with Crippen LogP contribution in [0.3, 0.4) is 0 Å². The molecule has 0 aromatic carbocycles. The normalized spacial score (nSPS) is 10.1. The Morgan fingerprint density at radius 2 is 1.84 bits per heavy atom. The van der Waals surface area contributed by atoms with Crippen LogP contribution < -0.4 is 0 Å². The Hall–Kier alpha value is -0.370. The summed E-state index contributed by atoms with van der Waals surface area (Å²) in [6, 6.07) is 0. The number of aromatic nitrogens is 1. The first-order valence-electron chi connectivity index (χ1n) is 6.25. The molecule has 1 aromatic rings. The van der Waals surface area contributed by atoms with Gasteiger partial charge in [-0.25, -0.2) is 4.98 Å². The zero-order chi connectivity index (χ0) is 13.7. The molecule has 110 valence electrons. The lowest BCUT2D eigenvalue weighted by Gasteiger charge is -2.22. The van der Waals surface area contributed by atoms with Gasteiger partial charge in [0.15, 0.2) is 5.96 Å². The van der Waals surface area contributed by atoms with Crippen LogP contribution in [-0.4, -0.2) is 55.5 Å². The largest absolute Gasteiger partial charge is 0.349 e. The molecule has 0 atom stereocenters. The SMILES string of the molecule is CC(C)c1nc(CCN=C(N(C)C)N(C)C)cs1.I. The number of hydrogen-bond acceptors (Lipinski definition) is 3. The molecule has 4 nitrogen and oxygen atoms in total. The first-order valence-corrected chi connectivity index (χ1v) is 7.13. The van der Waals surface area contributed by atoms with Crippen molar-refractivity contribution in [1.29, 1.82) is 0 Å². The molecule has 0 radical (unpaired) electrons. The van der Waals surface area contributed by atoms with Crippen molar-refractivity contribution in [2.24, 2.45) is 4.99 Å². The molecule has 0 amide bonds. The van der Waals surface area contributed by atoms with Crippen LogP contribution in [0.1, 0.15) is 30.5 Å². The van der Waals surface area contributed by atoms with Crippen LogP contribution in [0.4, 0.5) is 0 Å². The van der Waals surface area contributed by atoms with Gasteiger partial charge in [0.05, 0.1) is 10.7 Å². The lowest BCUT2D eigenvalue weighted by Crippen LogP contribution is -2.35. The number of aliphatic imine (C=N–C) groups is 1. The smallest absolute Gasteiger partial charge is 0.195 e. The second kappa shape index (κ2) is 8.73. The molecule has 1 rings (SSSR count). The van der Waals surface area contributed by atoms with Gasteiger partial charge in [-0.2, -0.15) is 0 Å². The van der Waals surface area contributed by atoms with Crippen LogP contribution in [0.25, 0.3) is 0 Å². The maximum atomic E-state index is 4.62. The first-order chi connectivity index (χ1) is 8.41. The third-order valence-electron chi connectivity index (χ3n) is 2.48. The molecule has 0 saturated carbocycles. The van der Waals surface area contributed by atoms with Crippen LogP contribution in [0.2, 0.25) is 0 Å². The van der Waals surface area contributed by atoms with E-state index in [9.17, 15) is 0 Å². The second-order valence-corrected chi connectivity index (χ2v) is 5.94. The summed E-state index contributed by atoms with van der Waals surface area (Å²) in [5, 5.41) is 3.37. The lowest BCUT2D eigenvalue weighted by molar-refractivity contribution is 0.479. The van der Waals surface area contributed by atoms with Crippen molar-refractivity contribution in [2.75, 3.05) is 34.7 Å². The molecular weight excluding hydrogens is 371 g/mol. The van der Waals surface area contributed by atoms with Crippen molar-refractivity contribution < 1.29 is 0 Å². The molecule has 1 heterocycles. The molecule has 1 aromatic heterocycles. The van der Waals surface area contributed by atoms with E-state index in [1.165, 1.54) is 5.01 Å². The van der Waals surface area contributed by atoms with Crippen molar-refractivity contribution >= 4 is 41.3 Å². The topological polar surface area (TPSA) is 31.7 Å². The molecule has 0 aliphatic carbocycles. The van der Waals surface area contributed by atoms with Gasteiger partial charge >= 0.3 is 0 Å². The summed E-state index contributed by atoms with van der Waals surface area (Å²) in [6.07, 6.45) is 0.911. The van der Waals surface area contributed by atoms with Gasteiger partial charge in [-0.05, 0) is 0 Å². The first kappa shape index (κ1) is 18.6. The van der Waals surface area contributed by atoms with Gasteiger partial charge < -0.3 is 9.80 Å². The minimum Gasteiger partial charge on any atom is -0.349 e. The summed E-state index contributed by atoms with van der Waals surface area (Å²) < 4.78 is 0. The summed E-state index contributed by atoms with van der Waals surface area (Å²) >= 11 is 1.75. The van der Waals surface area contributed by atoms with Gasteiger partial charge in [-0.15, -0.1) is 35.3 Å².